The van der Waals surface area contributed by atoms with Crippen molar-refractivity contribution >= 4 is 23.6 Å². The Morgan fingerprint density at radius 3 is 2.57 bits per heavy atom. The maximum Gasteiger partial charge on any atom is 0.331 e. The second kappa shape index (κ2) is 13.6. The molecule has 4 aromatic rings. The van der Waals surface area contributed by atoms with Gasteiger partial charge in [0.2, 0.25) is 0 Å². The van der Waals surface area contributed by atoms with Gasteiger partial charge in [0.1, 0.15) is 17.5 Å². The number of ether oxygens (including phenoxy) is 1. The van der Waals surface area contributed by atoms with Crippen molar-refractivity contribution in [3.63, 3.8) is 0 Å². The summed E-state index contributed by atoms with van der Waals surface area (Å²) < 4.78 is 7.52. The smallest absolute Gasteiger partial charge is 0.331 e. The number of hydrogen-bond donors (Lipinski definition) is 3. The number of carboxylic acids is 1. The summed E-state index contributed by atoms with van der Waals surface area (Å²) in [6.07, 6.45) is 6.60. The highest BCUT2D eigenvalue weighted by molar-refractivity contribution is 5.95. The molecule has 0 bridgehead atoms. The zero-order valence-corrected chi connectivity index (χ0v) is 23.9. The number of carboxylic acid groups (broad SMARTS) is 1. The first-order valence-corrected chi connectivity index (χ1v) is 13.9. The summed E-state index contributed by atoms with van der Waals surface area (Å²) in [6.45, 7) is 5.45. The molecule has 42 heavy (non-hydrogen) atoms. The molecule has 1 atom stereocenters. The van der Waals surface area contributed by atoms with Crippen LogP contribution in [0.3, 0.4) is 0 Å². The van der Waals surface area contributed by atoms with Gasteiger partial charge >= 0.3 is 5.97 Å². The Balaban J connectivity index is 1.49. The van der Waals surface area contributed by atoms with E-state index < -0.39 is 5.97 Å². The Morgan fingerprint density at radius 2 is 1.93 bits per heavy atom. The van der Waals surface area contributed by atoms with Crippen LogP contribution in [0.5, 0.6) is 5.75 Å². The lowest BCUT2D eigenvalue weighted by Crippen LogP contribution is -2.37. The van der Waals surface area contributed by atoms with Crippen molar-refractivity contribution in [3.8, 4) is 23.1 Å². The fraction of sp³-hybridized carbons (Fsp3) is 0.273. The number of benzene rings is 2. The van der Waals surface area contributed by atoms with Gasteiger partial charge in [-0.3, -0.25) is 4.79 Å². The van der Waals surface area contributed by atoms with Crippen LogP contribution >= 0.6 is 0 Å². The van der Waals surface area contributed by atoms with Gasteiger partial charge in [0.15, 0.2) is 0 Å². The number of carbonyl (C=O) groups excluding carboxylic acids is 1. The summed E-state index contributed by atoms with van der Waals surface area (Å²) in [5, 5.41) is 31.5. The number of aromatic nitrogens is 2. The molecule has 2 heterocycles. The standard InChI is InChI=1S/C33H34N4O5/c1-4-23(33(40)41)17-25-6-5-14-37-20-29(36-31(25)37)24-9-7-22(8-10-24)16-28(13-15-38)35-32(39)26-11-12-30(42-21(2)3)27(18-26)19-34/h5-12,14,17-18,20-21,28,38H,4,13,15-16H2,1-3H3,(H,35,39)(H,40,41)/t28-/m1/s1. The van der Waals surface area contributed by atoms with Gasteiger partial charge in [-0.25, -0.2) is 9.78 Å². The first kappa shape index (κ1) is 30.0. The van der Waals surface area contributed by atoms with Crippen molar-refractivity contribution in [1.29, 1.82) is 5.26 Å². The van der Waals surface area contributed by atoms with Crippen LogP contribution in [0, 0.1) is 11.3 Å². The van der Waals surface area contributed by atoms with E-state index in [2.05, 4.69) is 11.4 Å². The number of rotatable bonds is 12. The number of hydrogen-bond acceptors (Lipinski definition) is 6. The van der Waals surface area contributed by atoms with E-state index in [4.69, 9.17) is 9.72 Å². The van der Waals surface area contributed by atoms with Crippen molar-refractivity contribution < 1.29 is 24.5 Å². The number of pyridine rings is 1. The van der Waals surface area contributed by atoms with Gasteiger partial charge in [-0.05, 0) is 75.1 Å². The highest BCUT2D eigenvalue weighted by Crippen LogP contribution is 2.24. The summed E-state index contributed by atoms with van der Waals surface area (Å²) in [5.74, 6) is -0.847. The quantitative estimate of drug-likeness (QED) is 0.199. The van der Waals surface area contributed by atoms with E-state index >= 15 is 0 Å². The number of carbonyl (C=O) groups is 2. The van der Waals surface area contributed by atoms with E-state index in [0.717, 1.165) is 22.4 Å². The van der Waals surface area contributed by atoms with E-state index in [1.807, 2.05) is 67.0 Å². The van der Waals surface area contributed by atoms with E-state index in [1.165, 1.54) is 6.07 Å². The zero-order valence-electron chi connectivity index (χ0n) is 23.9. The van der Waals surface area contributed by atoms with Gasteiger partial charge in [-0.1, -0.05) is 31.2 Å². The lowest BCUT2D eigenvalue weighted by Gasteiger charge is -2.19. The van der Waals surface area contributed by atoms with Gasteiger partial charge in [0.25, 0.3) is 5.91 Å². The Morgan fingerprint density at radius 1 is 1.17 bits per heavy atom. The van der Waals surface area contributed by atoms with Crippen molar-refractivity contribution in [2.75, 3.05) is 6.61 Å². The second-order valence-electron chi connectivity index (χ2n) is 10.2. The zero-order chi connectivity index (χ0) is 30.2. The van der Waals surface area contributed by atoms with Gasteiger partial charge in [-0.15, -0.1) is 0 Å². The van der Waals surface area contributed by atoms with Crippen molar-refractivity contribution in [1.82, 2.24) is 14.7 Å². The molecule has 0 aliphatic rings. The van der Waals surface area contributed by atoms with Gasteiger partial charge in [0, 0.05) is 47.3 Å². The van der Waals surface area contributed by atoms with Crippen LogP contribution in [-0.4, -0.2) is 50.2 Å². The van der Waals surface area contributed by atoms with Crippen LogP contribution in [0.25, 0.3) is 23.0 Å². The van der Waals surface area contributed by atoms with Crippen LogP contribution < -0.4 is 10.1 Å². The maximum absolute atomic E-state index is 13.0. The lowest BCUT2D eigenvalue weighted by atomic mass is 10.0. The van der Waals surface area contributed by atoms with E-state index in [9.17, 15) is 25.1 Å². The van der Waals surface area contributed by atoms with Crippen LogP contribution in [0.1, 0.15) is 60.7 Å². The molecule has 0 saturated heterocycles. The number of imidazole rings is 1. The number of fused-ring (bicyclic) bond motifs is 1. The van der Waals surface area contributed by atoms with Crippen molar-refractivity contribution in [2.45, 2.75) is 52.2 Å². The Bertz CT molecular complexity index is 1650. The highest BCUT2D eigenvalue weighted by atomic mass is 16.5. The van der Waals surface area contributed by atoms with E-state index in [-0.39, 0.29) is 30.2 Å². The molecule has 0 saturated carbocycles. The molecule has 0 radical (unpaired) electrons. The van der Waals surface area contributed by atoms with E-state index in [0.29, 0.717) is 41.8 Å². The fourth-order valence-electron chi connectivity index (χ4n) is 4.65. The molecule has 0 unspecified atom stereocenters. The molecular weight excluding hydrogens is 532 g/mol. The molecule has 1 amide bonds. The summed E-state index contributed by atoms with van der Waals surface area (Å²) in [7, 11) is 0. The molecular formula is C33H34N4O5. The van der Waals surface area contributed by atoms with Crippen LogP contribution in [0.4, 0.5) is 0 Å². The minimum atomic E-state index is -0.946. The van der Waals surface area contributed by atoms with Crippen LogP contribution in [0.15, 0.2) is 72.6 Å². The molecule has 3 N–H and O–H groups in total. The van der Waals surface area contributed by atoms with Gasteiger partial charge < -0.3 is 24.7 Å². The second-order valence-corrected chi connectivity index (χ2v) is 10.2. The van der Waals surface area contributed by atoms with Gasteiger partial charge in [0.05, 0.1) is 17.4 Å². The minimum Gasteiger partial charge on any atom is -0.490 e. The van der Waals surface area contributed by atoms with Gasteiger partial charge in [-0.2, -0.15) is 5.26 Å². The third kappa shape index (κ3) is 7.22. The third-order valence-corrected chi connectivity index (χ3v) is 6.77. The summed E-state index contributed by atoms with van der Waals surface area (Å²) in [6, 6.07) is 18.0. The normalized spacial score (nSPS) is 12.2. The van der Waals surface area contributed by atoms with Crippen LogP contribution in [0.2, 0.25) is 0 Å². The molecule has 0 fully saturated rings. The molecule has 0 spiro atoms. The first-order valence-electron chi connectivity index (χ1n) is 13.9. The van der Waals surface area contributed by atoms with Crippen LogP contribution in [-0.2, 0) is 11.2 Å². The molecule has 9 nitrogen and oxygen atoms in total. The molecule has 2 aromatic carbocycles. The average molecular weight is 567 g/mol. The molecule has 4 rings (SSSR count). The number of nitrogens with one attached hydrogen (secondary N) is 1. The largest absolute Gasteiger partial charge is 0.490 e. The molecule has 2 aromatic heterocycles. The number of aliphatic carboxylic acids is 1. The van der Waals surface area contributed by atoms with Crippen molar-refractivity contribution in [3.05, 3.63) is 94.8 Å². The maximum atomic E-state index is 13.0. The Labute approximate surface area is 244 Å². The Kier molecular flexibility index (Phi) is 9.73. The van der Waals surface area contributed by atoms with Crippen molar-refractivity contribution in [2.24, 2.45) is 0 Å². The van der Waals surface area contributed by atoms with E-state index in [1.54, 1.807) is 25.1 Å². The number of nitrogens with zero attached hydrogens (tertiary/aromatic N) is 3. The summed E-state index contributed by atoms with van der Waals surface area (Å²) >= 11 is 0. The number of aliphatic hydroxyl groups excluding tert-OH is 1. The molecule has 0 aliphatic heterocycles. The molecule has 0 aliphatic carbocycles. The summed E-state index contributed by atoms with van der Waals surface area (Å²) in [4.78, 5) is 29.3. The third-order valence-electron chi connectivity index (χ3n) is 6.77. The average Bonchev–Trinajstić information content (AvgIpc) is 3.41. The fourth-order valence-corrected chi connectivity index (χ4v) is 4.65. The SMILES string of the molecule is CCC(=Cc1cccn2cc(-c3ccc(C[C@@H](CCO)NC(=O)c4ccc(OC(C)C)c(C#N)c4)cc3)nc12)C(=O)O. The monoisotopic (exact) mass is 566 g/mol. The number of nitriles is 1. The molecule has 9 heteroatoms. The minimum absolute atomic E-state index is 0.0900. The molecule has 216 valence electrons. The first-order chi connectivity index (χ1) is 20.2. The topological polar surface area (TPSA) is 137 Å². The lowest BCUT2D eigenvalue weighted by molar-refractivity contribution is -0.132. The number of amides is 1. The predicted octanol–water partition coefficient (Wildman–Crippen LogP) is 5.26. The number of aliphatic hydroxyl groups is 1. The summed E-state index contributed by atoms with van der Waals surface area (Å²) in [5.41, 5.74) is 4.94. The highest BCUT2D eigenvalue weighted by Gasteiger charge is 2.17. The predicted molar refractivity (Wildman–Crippen MR) is 160 cm³/mol. The Hall–Kier alpha value is -4.94.